The van der Waals surface area contributed by atoms with E-state index >= 15 is 0 Å². The number of hydrogen-bond donors (Lipinski definition) is 3. The van der Waals surface area contributed by atoms with Gasteiger partial charge in [0.05, 0.1) is 0 Å². The van der Waals surface area contributed by atoms with Gasteiger partial charge in [-0.2, -0.15) is 0 Å². The zero-order valence-electron chi connectivity index (χ0n) is 9.74. The Balaban J connectivity index is 2.36. The van der Waals surface area contributed by atoms with E-state index in [1.54, 1.807) is 6.92 Å². The quantitative estimate of drug-likeness (QED) is 0.617. The average molecular weight is 227 g/mol. The third-order valence-corrected chi connectivity index (χ3v) is 3.34. The van der Waals surface area contributed by atoms with Crippen LogP contribution in [0.1, 0.15) is 32.6 Å². The summed E-state index contributed by atoms with van der Waals surface area (Å²) in [7, 11) is 0. The third kappa shape index (κ3) is 3.48. The highest BCUT2D eigenvalue weighted by atomic mass is 16.2. The molecule has 0 heterocycles. The Labute approximate surface area is 95.9 Å². The fraction of sp³-hybridized carbons (Fsp3) is 0.818. The van der Waals surface area contributed by atoms with Crippen LogP contribution in [-0.2, 0) is 9.59 Å². The highest BCUT2D eigenvalue weighted by Crippen LogP contribution is 2.28. The molecule has 0 radical (unpaired) electrons. The third-order valence-electron chi connectivity index (χ3n) is 3.34. The fourth-order valence-electron chi connectivity index (χ4n) is 2.06. The molecule has 92 valence electrons. The topological polar surface area (TPSA) is 98.2 Å². The largest absolute Gasteiger partial charge is 0.368 e. The molecule has 1 atom stereocenters. The number of rotatable bonds is 4. The number of carbonyl (C=O) groups is 2. The van der Waals surface area contributed by atoms with Crippen molar-refractivity contribution >= 4 is 11.8 Å². The van der Waals surface area contributed by atoms with E-state index < -0.39 is 11.9 Å². The summed E-state index contributed by atoms with van der Waals surface area (Å²) >= 11 is 0. The van der Waals surface area contributed by atoms with E-state index in [-0.39, 0.29) is 11.8 Å². The number of nitrogens with one attached hydrogen (secondary N) is 1. The summed E-state index contributed by atoms with van der Waals surface area (Å²) in [5, 5.41) is 2.64. The van der Waals surface area contributed by atoms with Gasteiger partial charge in [0.25, 0.3) is 0 Å². The highest BCUT2D eigenvalue weighted by Gasteiger charge is 2.26. The molecule has 1 unspecified atom stereocenters. The molecule has 5 N–H and O–H groups in total. The maximum atomic E-state index is 11.8. The minimum absolute atomic E-state index is 0.0181. The van der Waals surface area contributed by atoms with Crippen LogP contribution in [0.15, 0.2) is 0 Å². The zero-order chi connectivity index (χ0) is 12.1. The Bertz CT molecular complexity index is 260. The van der Waals surface area contributed by atoms with Gasteiger partial charge in [0.1, 0.15) is 6.04 Å². The Hall–Kier alpha value is -1.10. The number of nitrogens with two attached hydrogens (primary N) is 2. The summed E-state index contributed by atoms with van der Waals surface area (Å²) in [5.74, 6) is 0.0213. The van der Waals surface area contributed by atoms with Gasteiger partial charge < -0.3 is 16.8 Å². The van der Waals surface area contributed by atoms with Crippen LogP contribution in [0.3, 0.4) is 0 Å². The second-order valence-corrected chi connectivity index (χ2v) is 4.59. The van der Waals surface area contributed by atoms with Gasteiger partial charge in [0.2, 0.25) is 11.8 Å². The summed E-state index contributed by atoms with van der Waals surface area (Å²) < 4.78 is 0. The van der Waals surface area contributed by atoms with Gasteiger partial charge in [-0.15, -0.1) is 0 Å². The number of amides is 2. The van der Waals surface area contributed by atoms with Crippen LogP contribution in [-0.4, -0.2) is 24.4 Å². The molecule has 1 rings (SSSR count). The molecule has 1 aliphatic carbocycles. The minimum atomic E-state index is -0.584. The molecule has 5 nitrogen and oxygen atoms in total. The van der Waals surface area contributed by atoms with E-state index in [2.05, 4.69) is 5.32 Å². The van der Waals surface area contributed by atoms with Crippen LogP contribution in [0.4, 0.5) is 0 Å². The molecule has 1 aliphatic rings. The van der Waals surface area contributed by atoms with Crippen molar-refractivity contribution in [3.63, 3.8) is 0 Å². The zero-order valence-corrected chi connectivity index (χ0v) is 9.74. The van der Waals surface area contributed by atoms with Gasteiger partial charge >= 0.3 is 0 Å². The van der Waals surface area contributed by atoms with Crippen LogP contribution >= 0.6 is 0 Å². The van der Waals surface area contributed by atoms with E-state index in [4.69, 9.17) is 11.5 Å². The van der Waals surface area contributed by atoms with Crippen LogP contribution in [0.25, 0.3) is 0 Å². The SMILES string of the molecule is CC(NC(=O)C1CCC(CN)CC1)C(N)=O. The summed E-state index contributed by atoms with van der Waals surface area (Å²) in [6.45, 7) is 2.30. The first kappa shape index (κ1) is 13.0. The number of hydrogen-bond acceptors (Lipinski definition) is 3. The van der Waals surface area contributed by atoms with Crippen LogP contribution in [0.2, 0.25) is 0 Å². The van der Waals surface area contributed by atoms with Gasteiger partial charge in [-0.25, -0.2) is 0 Å². The van der Waals surface area contributed by atoms with E-state index in [0.717, 1.165) is 25.7 Å². The lowest BCUT2D eigenvalue weighted by atomic mass is 9.81. The predicted molar refractivity (Wildman–Crippen MR) is 61.3 cm³/mol. The number of carbonyl (C=O) groups excluding carboxylic acids is 2. The highest BCUT2D eigenvalue weighted by molar-refractivity contribution is 5.87. The predicted octanol–water partition coefficient (Wildman–Crippen LogP) is -0.258. The molecule has 2 amide bonds. The molecule has 16 heavy (non-hydrogen) atoms. The first-order chi connectivity index (χ1) is 7.54. The van der Waals surface area contributed by atoms with Crippen molar-refractivity contribution in [2.45, 2.75) is 38.6 Å². The van der Waals surface area contributed by atoms with E-state index in [0.29, 0.717) is 12.5 Å². The molecule has 0 aromatic rings. The molecule has 1 fully saturated rings. The molecule has 1 saturated carbocycles. The monoisotopic (exact) mass is 227 g/mol. The van der Waals surface area contributed by atoms with Gasteiger partial charge in [-0.1, -0.05) is 0 Å². The van der Waals surface area contributed by atoms with Crippen molar-refractivity contribution in [2.24, 2.45) is 23.3 Å². The first-order valence-corrected chi connectivity index (χ1v) is 5.84. The van der Waals surface area contributed by atoms with Crippen molar-refractivity contribution in [3.8, 4) is 0 Å². The maximum absolute atomic E-state index is 11.8. The second-order valence-electron chi connectivity index (χ2n) is 4.59. The van der Waals surface area contributed by atoms with Gasteiger partial charge in [0.15, 0.2) is 0 Å². The van der Waals surface area contributed by atoms with E-state index in [9.17, 15) is 9.59 Å². The lowest BCUT2D eigenvalue weighted by Crippen LogP contribution is -2.45. The smallest absolute Gasteiger partial charge is 0.239 e. The Morgan fingerprint density at radius 3 is 2.31 bits per heavy atom. The Morgan fingerprint density at radius 1 is 1.31 bits per heavy atom. The van der Waals surface area contributed by atoms with Crippen LogP contribution in [0.5, 0.6) is 0 Å². The standard InChI is InChI=1S/C11H21N3O2/c1-7(10(13)15)14-11(16)9-4-2-8(6-12)3-5-9/h7-9H,2-6,12H2,1H3,(H2,13,15)(H,14,16). The van der Waals surface area contributed by atoms with Crippen LogP contribution < -0.4 is 16.8 Å². The van der Waals surface area contributed by atoms with Crippen molar-refractivity contribution in [3.05, 3.63) is 0 Å². The molecule has 0 spiro atoms. The lowest BCUT2D eigenvalue weighted by molar-refractivity contribution is -0.130. The normalized spacial score (nSPS) is 27.1. The lowest BCUT2D eigenvalue weighted by Gasteiger charge is -2.27. The van der Waals surface area contributed by atoms with E-state index in [1.807, 2.05) is 0 Å². The molecule has 0 aromatic heterocycles. The van der Waals surface area contributed by atoms with Crippen molar-refractivity contribution in [1.29, 1.82) is 0 Å². The van der Waals surface area contributed by atoms with Gasteiger partial charge in [-0.05, 0) is 45.1 Å². The molecular weight excluding hydrogens is 206 g/mol. The second kappa shape index (κ2) is 5.84. The molecule has 0 aromatic carbocycles. The van der Waals surface area contributed by atoms with Crippen molar-refractivity contribution in [1.82, 2.24) is 5.32 Å². The molecule has 0 aliphatic heterocycles. The molecule has 0 bridgehead atoms. The minimum Gasteiger partial charge on any atom is -0.368 e. The van der Waals surface area contributed by atoms with Crippen molar-refractivity contribution < 1.29 is 9.59 Å². The maximum Gasteiger partial charge on any atom is 0.239 e. The molecule has 5 heteroatoms. The molecular formula is C11H21N3O2. The average Bonchev–Trinajstić information content (AvgIpc) is 2.28. The Kier molecular flexibility index (Phi) is 4.73. The van der Waals surface area contributed by atoms with Crippen LogP contribution in [0, 0.1) is 11.8 Å². The summed E-state index contributed by atoms with van der Waals surface area (Å²) in [6.07, 6.45) is 3.72. The fourth-order valence-corrected chi connectivity index (χ4v) is 2.06. The molecule has 0 saturated heterocycles. The summed E-state index contributed by atoms with van der Waals surface area (Å²) in [4.78, 5) is 22.6. The first-order valence-electron chi connectivity index (χ1n) is 5.84. The summed E-state index contributed by atoms with van der Waals surface area (Å²) in [5.41, 5.74) is 10.7. The Morgan fingerprint density at radius 2 is 1.88 bits per heavy atom. The number of primary amides is 1. The van der Waals surface area contributed by atoms with Crippen molar-refractivity contribution in [2.75, 3.05) is 6.54 Å². The summed E-state index contributed by atoms with van der Waals surface area (Å²) in [6, 6.07) is -0.584. The van der Waals surface area contributed by atoms with Gasteiger partial charge in [0, 0.05) is 5.92 Å². The van der Waals surface area contributed by atoms with Gasteiger partial charge in [-0.3, -0.25) is 9.59 Å². The van der Waals surface area contributed by atoms with E-state index in [1.165, 1.54) is 0 Å².